The SMILES string of the molecule is CNC1(c2cccc(OC)c2OC)CC1. The molecule has 1 aliphatic carbocycles. The summed E-state index contributed by atoms with van der Waals surface area (Å²) in [4.78, 5) is 0. The molecule has 1 aromatic rings. The molecule has 0 heterocycles. The van der Waals surface area contributed by atoms with Crippen LogP contribution in [0.1, 0.15) is 18.4 Å². The van der Waals surface area contributed by atoms with Gasteiger partial charge in [0.25, 0.3) is 0 Å². The summed E-state index contributed by atoms with van der Waals surface area (Å²) in [5, 5.41) is 3.36. The molecule has 1 saturated carbocycles. The molecule has 0 unspecified atom stereocenters. The molecular weight excluding hydrogens is 190 g/mol. The number of hydrogen-bond donors (Lipinski definition) is 1. The quantitative estimate of drug-likeness (QED) is 0.818. The molecule has 82 valence electrons. The van der Waals surface area contributed by atoms with Gasteiger partial charge in [-0.15, -0.1) is 0 Å². The van der Waals surface area contributed by atoms with E-state index in [1.807, 2.05) is 19.2 Å². The Morgan fingerprint density at radius 1 is 1.20 bits per heavy atom. The Labute approximate surface area is 90.4 Å². The standard InChI is InChI=1S/C12H17NO2/c1-13-12(7-8-12)9-5-4-6-10(14-2)11(9)15-3/h4-6,13H,7-8H2,1-3H3. The van der Waals surface area contributed by atoms with Crippen LogP contribution in [0.3, 0.4) is 0 Å². The second-order valence-corrected chi connectivity index (χ2v) is 3.87. The summed E-state index contributed by atoms with van der Waals surface area (Å²) < 4.78 is 10.7. The first kappa shape index (κ1) is 10.3. The maximum Gasteiger partial charge on any atom is 0.165 e. The van der Waals surface area contributed by atoms with E-state index in [2.05, 4.69) is 11.4 Å². The van der Waals surface area contributed by atoms with Gasteiger partial charge < -0.3 is 14.8 Å². The molecule has 0 aromatic heterocycles. The van der Waals surface area contributed by atoms with Crippen LogP contribution in [0, 0.1) is 0 Å². The lowest BCUT2D eigenvalue weighted by atomic mass is 10.0. The maximum atomic E-state index is 5.43. The van der Waals surface area contributed by atoms with Crippen LogP contribution in [-0.4, -0.2) is 21.3 Å². The van der Waals surface area contributed by atoms with Gasteiger partial charge in [-0.1, -0.05) is 12.1 Å². The highest BCUT2D eigenvalue weighted by atomic mass is 16.5. The molecule has 3 nitrogen and oxygen atoms in total. The fraction of sp³-hybridized carbons (Fsp3) is 0.500. The van der Waals surface area contributed by atoms with E-state index in [-0.39, 0.29) is 5.54 Å². The van der Waals surface area contributed by atoms with Gasteiger partial charge in [0.15, 0.2) is 11.5 Å². The normalized spacial score (nSPS) is 17.3. The zero-order chi connectivity index (χ0) is 10.9. The molecule has 1 fully saturated rings. The lowest BCUT2D eigenvalue weighted by molar-refractivity contribution is 0.346. The summed E-state index contributed by atoms with van der Waals surface area (Å²) in [6, 6.07) is 6.03. The molecule has 2 rings (SSSR count). The lowest BCUT2D eigenvalue weighted by Gasteiger charge is -2.19. The molecule has 0 bridgehead atoms. The Morgan fingerprint density at radius 3 is 2.40 bits per heavy atom. The molecule has 0 radical (unpaired) electrons. The van der Waals surface area contributed by atoms with E-state index >= 15 is 0 Å². The highest BCUT2D eigenvalue weighted by Crippen LogP contribution is 2.50. The number of benzene rings is 1. The average Bonchev–Trinajstić information content (AvgIpc) is 3.08. The zero-order valence-electron chi connectivity index (χ0n) is 9.46. The lowest BCUT2D eigenvalue weighted by Crippen LogP contribution is -2.25. The summed E-state index contributed by atoms with van der Waals surface area (Å²) in [5.41, 5.74) is 1.31. The fourth-order valence-corrected chi connectivity index (χ4v) is 2.04. The molecule has 0 saturated heterocycles. The molecule has 0 amide bonds. The van der Waals surface area contributed by atoms with Crippen LogP contribution >= 0.6 is 0 Å². The first-order chi connectivity index (χ1) is 7.27. The Bertz CT molecular complexity index is 359. The second kappa shape index (κ2) is 3.74. The second-order valence-electron chi connectivity index (χ2n) is 3.87. The third kappa shape index (κ3) is 1.57. The monoisotopic (exact) mass is 207 g/mol. The Hall–Kier alpha value is -1.22. The van der Waals surface area contributed by atoms with Crippen LogP contribution in [0.5, 0.6) is 11.5 Å². The largest absolute Gasteiger partial charge is 0.493 e. The minimum absolute atomic E-state index is 0.111. The van der Waals surface area contributed by atoms with E-state index in [1.165, 1.54) is 5.56 Å². The minimum Gasteiger partial charge on any atom is -0.493 e. The Balaban J connectivity index is 2.47. The van der Waals surface area contributed by atoms with Gasteiger partial charge in [-0.25, -0.2) is 0 Å². The van der Waals surface area contributed by atoms with Crippen LogP contribution in [0.15, 0.2) is 18.2 Å². The number of hydrogen-bond acceptors (Lipinski definition) is 3. The van der Waals surface area contributed by atoms with Crippen LogP contribution in [-0.2, 0) is 5.54 Å². The van der Waals surface area contributed by atoms with Crippen LogP contribution in [0.2, 0.25) is 0 Å². The zero-order valence-corrected chi connectivity index (χ0v) is 9.46. The summed E-state index contributed by atoms with van der Waals surface area (Å²) in [6.07, 6.45) is 2.32. The highest BCUT2D eigenvalue weighted by Gasteiger charge is 2.45. The Kier molecular flexibility index (Phi) is 2.57. The van der Waals surface area contributed by atoms with Crippen molar-refractivity contribution in [3.63, 3.8) is 0 Å². The van der Waals surface area contributed by atoms with E-state index in [1.54, 1.807) is 14.2 Å². The molecule has 3 heteroatoms. The summed E-state index contributed by atoms with van der Waals surface area (Å²) in [5.74, 6) is 1.66. The maximum absolute atomic E-state index is 5.43. The first-order valence-electron chi connectivity index (χ1n) is 5.18. The van der Waals surface area contributed by atoms with Crippen molar-refractivity contribution in [2.45, 2.75) is 18.4 Å². The van der Waals surface area contributed by atoms with Crippen molar-refractivity contribution in [2.75, 3.05) is 21.3 Å². The molecule has 1 aliphatic rings. The van der Waals surface area contributed by atoms with Crippen molar-refractivity contribution in [3.05, 3.63) is 23.8 Å². The van der Waals surface area contributed by atoms with Crippen molar-refractivity contribution >= 4 is 0 Å². The van der Waals surface area contributed by atoms with Gasteiger partial charge in [0.1, 0.15) is 0 Å². The van der Waals surface area contributed by atoms with Crippen molar-refractivity contribution in [1.29, 1.82) is 0 Å². The topological polar surface area (TPSA) is 30.5 Å². The molecular formula is C12H17NO2. The third-order valence-corrected chi connectivity index (χ3v) is 3.15. The molecule has 0 aliphatic heterocycles. The van der Waals surface area contributed by atoms with E-state index in [4.69, 9.17) is 9.47 Å². The van der Waals surface area contributed by atoms with Crippen LogP contribution in [0.25, 0.3) is 0 Å². The van der Waals surface area contributed by atoms with Crippen molar-refractivity contribution in [1.82, 2.24) is 5.32 Å². The number of para-hydroxylation sites is 1. The van der Waals surface area contributed by atoms with E-state index in [0.717, 1.165) is 24.3 Å². The molecule has 1 N–H and O–H groups in total. The number of methoxy groups -OCH3 is 2. The smallest absolute Gasteiger partial charge is 0.165 e. The van der Waals surface area contributed by atoms with Crippen molar-refractivity contribution < 1.29 is 9.47 Å². The van der Waals surface area contributed by atoms with Gasteiger partial charge in [0.2, 0.25) is 0 Å². The van der Waals surface area contributed by atoms with Gasteiger partial charge in [0.05, 0.1) is 14.2 Å². The number of ether oxygens (including phenoxy) is 2. The first-order valence-corrected chi connectivity index (χ1v) is 5.18. The van der Waals surface area contributed by atoms with Gasteiger partial charge in [0, 0.05) is 11.1 Å². The summed E-state index contributed by atoms with van der Waals surface area (Å²) in [7, 11) is 5.35. The summed E-state index contributed by atoms with van der Waals surface area (Å²) in [6.45, 7) is 0. The van der Waals surface area contributed by atoms with E-state index in [0.29, 0.717) is 0 Å². The van der Waals surface area contributed by atoms with Crippen molar-refractivity contribution in [3.8, 4) is 11.5 Å². The Morgan fingerprint density at radius 2 is 1.93 bits per heavy atom. The van der Waals surface area contributed by atoms with E-state index in [9.17, 15) is 0 Å². The van der Waals surface area contributed by atoms with Crippen LogP contribution < -0.4 is 14.8 Å². The molecule has 0 spiro atoms. The number of nitrogens with one attached hydrogen (secondary N) is 1. The van der Waals surface area contributed by atoms with Crippen molar-refractivity contribution in [2.24, 2.45) is 0 Å². The van der Waals surface area contributed by atoms with Gasteiger partial charge in [-0.2, -0.15) is 0 Å². The summed E-state index contributed by atoms with van der Waals surface area (Å²) >= 11 is 0. The number of rotatable bonds is 4. The van der Waals surface area contributed by atoms with E-state index < -0.39 is 0 Å². The van der Waals surface area contributed by atoms with Gasteiger partial charge in [-0.05, 0) is 26.0 Å². The van der Waals surface area contributed by atoms with Gasteiger partial charge in [-0.3, -0.25) is 0 Å². The average molecular weight is 207 g/mol. The predicted octanol–water partition coefficient (Wildman–Crippen LogP) is 1.91. The fourth-order valence-electron chi connectivity index (χ4n) is 2.04. The van der Waals surface area contributed by atoms with Gasteiger partial charge >= 0.3 is 0 Å². The third-order valence-electron chi connectivity index (χ3n) is 3.15. The molecule has 15 heavy (non-hydrogen) atoms. The van der Waals surface area contributed by atoms with Crippen LogP contribution in [0.4, 0.5) is 0 Å². The molecule has 0 atom stereocenters. The highest BCUT2D eigenvalue weighted by molar-refractivity contribution is 5.51. The predicted molar refractivity (Wildman–Crippen MR) is 59.5 cm³/mol. The molecule has 1 aromatic carbocycles. The minimum atomic E-state index is 0.111.